The monoisotopic (exact) mass is 679 g/mol. The van der Waals surface area contributed by atoms with Gasteiger partial charge in [0.25, 0.3) is 5.91 Å². The van der Waals surface area contributed by atoms with E-state index in [1.165, 1.54) is 27.7 Å². The lowest BCUT2D eigenvalue weighted by molar-refractivity contribution is -0.141. The summed E-state index contributed by atoms with van der Waals surface area (Å²) in [7, 11) is 0. The molecule has 0 aromatic rings. The van der Waals surface area contributed by atoms with Crippen LogP contribution in [0.15, 0.2) is 0 Å². The summed E-state index contributed by atoms with van der Waals surface area (Å²) in [4.78, 5) is 98.3. The number of carbonyl (C=O) groups excluding carboxylic acids is 7. The van der Waals surface area contributed by atoms with Crippen LogP contribution in [0.5, 0.6) is 0 Å². The summed E-state index contributed by atoms with van der Waals surface area (Å²) in [5.74, 6) is -7.37. The van der Waals surface area contributed by atoms with E-state index >= 15 is 0 Å². The Hall–Kier alpha value is -3.83. The molecule has 0 fully saturated rings. The Morgan fingerprint density at radius 1 is 0.739 bits per heavy atom. The number of hydrogen-bond donors (Lipinski definition) is 9. The van der Waals surface area contributed by atoms with E-state index in [1.807, 2.05) is 0 Å². The normalized spacial score (nSPS) is 15.1. The van der Waals surface area contributed by atoms with Crippen molar-refractivity contribution in [3.05, 3.63) is 0 Å². The van der Waals surface area contributed by atoms with Crippen molar-refractivity contribution >= 4 is 59.6 Å². The highest BCUT2D eigenvalue weighted by Crippen LogP contribution is 2.11. The molecule has 0 aliphatic carbocycles. The summed E-state index contributed by atoms with van der Waals surface area (Å²) < 4.78 is 0. The summed E-state index contributed by atoms with van der Waals surface area (Å²) in [6.07, 6.45) is 0.0814. The molecule has 17 nitrogen and oxygen atoms in total. The number of rotatable bonds is 21. The molecule has 1 unspecified atom stereocenters. The van der Waals surface area contributed by atoms with Gasteiger partial charge in [-0.05, 0) is 52.5 Å². The molecule has 0 aromatic heterocycles. The molecule has 0 aliphatic rings. The maximum atomic E-state index is 13.3. The molecule has 0 aromatic carbocycles. The number of carboxylic acid groups (broad SMARTS) is 1. The van der Waals surface area contributed by atoms with Gasteiger partial charge in [0, 0.05) is 13.5 Å². The second-order valence-corrected chi connectivity index (χ2v) is 10.9. The van der Waals surface area contributed by atoms with Crippen molar-refractivity contribution in [2.75, 3.05) is 13.1 Å². The molecule has 0 spiro atoms. The quantitative estimate of drug-likeness (QED) is 0.0456. The lowest BCUT2D eigenvalue weighted by Gasteiger charge is -2.29. The number of unbranched alkanes of at least 4 members (excludes halogenated alkanes) is 1. The number of halogens is 1. The Labute approximate surface area is 274 Å². The molecule has 0 aliphatic heterocycles. The fraction of sp³-hybridized carbons (Fsp3) is 0.714. The summed E-state index contributed by atoms with van der Waals surface area (Å²) in [6, 6.07) is -6.21. The Bertz CT molecular complexity index is 1080. The zero-order chi connectivity index (χ0) is 34.9. The van der Waals surface area contributed by atoms with E-state index in [0.717, 1.165) is 0 Å². The van der Waals surface area contributed by atoms with Crippen molar-refractivity contribution in [2.45, 2.75) is 110 Å². The second kappa shape index (κ2) is 22.6. The molecule has 0 radical (unpaired) electrons. The number of aliphatic hydroxyl groups excluding tert-OH is 1. The molecule has 0 rings (SSSR count). The highest BCUT2D eigenvalue weighted by molar-refractivity contribution is 6.38. The first-order chi connectivity index (χ1) is 21.0. The van der Waals surface area contributed by atoms with Gasteiger partial charge in [-0.3, -0.25) is 38.4 Å². The fourth-order valence-corrected chi connectivity index (χ4v) is 3.95. The van der Waals surface area contributed by atoms with Crippen molar-refractivity contribution in [2.24, 2.45) is 11.7 Å². The summed E-state index contributed by atoms with van der Waals surface area (Å²) in [6.45, 7) is 8.59. The van der Waals surface area contributed by atoms with Crippen molar-refractivity contribution in [3.63, 3.8) is 0 Å². The molecule has 0 saturated heterocycles. The maximum Gasteiger partial charge on any atom is 0.305 e. The van der Waals surface area contributed by atoms with E-state index < -0.39 is 95.8 Å². The number of ketones is 1. The second-order valence-electron chi connectivity index (χ2n) is 10.9. The largest absolute Gasteiger partial charge is 0.481 e. The molecular weight excluding hydrogens is 630 g/mol. The predicted molar refractivity (Wildman–Crippen MR) is 168 cm³/mol. The van der Waals surface area contributed by atoms with Crippen molar-refractivity contribution in [1.82, 2.24) is 31.9 Å². The van der Waals surface area contributed by atoms with Crippen LogP contribution in [0.4, 0.5) is 0 Å². The van der Waals surface area contributed by atoms with Crippen molar-refractivity contribution in [3.8, 4) is 0 Å². The first-order valence-corrected chi connectivity index (χ1v) is 14.9. The number of nitrogens with one attached hydrogen (secondary N) is 6. The first-order valence-electron chi connectivity index (χ1n) is 14.9. The smallest absolute Gasteiger partial charge is 0.305 e. The van der Waals surface area contributed by atoms with Gasteiger partial charge in [-0.2, -0.15) is 0 Å². The number of aliphatic carboxylic acids is 1. The number of carboxylic acids is 1. The van der Waals surface area contributed by atoms with Crippen molar-refractivity contribution in [1.29, 1.82) is 0 Å². The van der Waals surface area contributed by atoms with Crippen LogP contribution in [0.1, 0.15) is 73.6 Å². The standard InChI is InChI=1S/C28H49N7O10.ClH/c1-7-14(2)21(34-25(42)19(33-18(6)37)10-8-9-12-29)26(43)35-22(17(5)36)27(44)32-16(4)24(41)31-15(3)23(40)28(45)30-13-11-20(38)39;/h14-17,19,21-22,36H,7-13,29H2,1-6H3,(H,30,45)(H,31,41)(H,32,44)(H,33,37)(H,34,42)(H,35,43)(H,38,39);1H/t14-,15?,16-,17+,19-,21-,22-;/m0./s1. The molecule has 0 heterocycles. The van der Waals surface area contributed by atoms with Gasteiger partial charge in [0.1, 0.15) is 24.2 Å². The topological polar surface area (TPSA) is 275 Å². The Morgan fingerprint density at radius 3 is 1.78 bits per heavy atom. The number of aliphatic hydroxyl groups is 1. The lowest BCUT2D eigenvalue weighted by Crippen LogP contribution is -2.61. The molecule has 264 valence electrons. The van der Waals surface area contributed by atoms with Crippen LogP contribution in [-0.2, 0) is 38.4 Å². The summed E-state index contributed by atoms with van der Waals surface area (Å²) >= 11 is 0. The highest BCUT2D eigenvalue weighted by Gasteiger charge is 2.34. The zero-order valence-corrected chi connectivity index (χ0v) is 28.0. The average Bonchev–Trinajstić information content (AvgIpc) is 2.96. The number of amides is 6. The molecule has 6 amide bonds. The Morgan fingerprint density at radius 2 is 1.28 bits per heavy atom. The average molecular weight is 680 g/mol. The number of nitrogens with two attached hydrogens (primary N) is 1. The molecule has 10 N–H and O–H groups in total. The van der Waals surface area contributed by atoms with Gasteiger partial charge in [-0.25, -0.2) is 0 Å². The van der Waals surface area contributed by atoms with Gasteiger partial charge in [-0.15, -0.1) is 12.4 Å². The SMILES string of the molecule is CC[C@H](C)[C@H](NC(=O)[C@H](CCCCN)NC(C)=O)C(=O)N[C@H](C(=O)N[C@@H](C)C(=O)NC(C)C(=O)C(=O)NCCC(=O)O)[C@@H](C)O.Cl. The first kappa shape index (κ1) is 44.3. The third kappa shape index (κ3) is 16.5. The molecule has 0 saturated carbocycles. The molecule has 18 heteroatoms. The predicted octanol–water partition coefficient (Wildman–Crippen LogP) is -2.39. The van der Waals surface area contributed by atoms with Crippen LogP contribution >= 0.6 is 12.4 Å². The zero-order valence-electron chi connectivity index (χ0n) is 27.1. The van der Waals surface area contributed by atoms with E-state index in [4.69, 9.17) is 10.8 Å². The van der Waals surface area contributed by atoms with E-state index in [0.29, 0.717) is 25.8 Å². The van der Waals surface area contributed by atoms with Gasteiger partial charge < -0.3 is 47.8 Å². The minimum Gasteiger partial charge on any atom is -0.481 e. The third-order valence-corrected chi connectivity index (χ3v) is 6.85. The van der Waals surface area contributed by atoms with Crippen LogP contribution in [0, 0.1) is 5.92 Å². The van der Waals surface area contributed by atoms with Gasteiger partial charge in [0.15, 0.2) is 0 Å². The summed E-state index contributed by atoms with van der Waals surface area (Å²) in [5, 5.41) is 33.2. The number of Topliss-reactive ketones (excluding diaryl/α,β-unsaturated/α-hetero) is 1. The van der Waals surface area contributed by atoms with E-state index in [2.05, 4.69) is 31.9 Å². The van der Waals surface area contributed by atoms with Crippen LogP contribution in [0.3, 0.4) is 0 Å². The van der Waals surface area contributed by atoms with Gasteiger partial charge >= 0.3 is 5.97 Å². The number of carbonyl (C=O) groups is 8. The molecule has 0 bridgehead atoms. The van der Waals surface area contributed by atoms with E-state index in [-0.39, 0.29) is 25.4 Å². The van der Waals surface area contributed by atoms with Gasteiger partial charge in [-0.1, -0.05) is 20.3 Å². The van der Waals surface area contributed by atoms with Gasteiger partial charge in [0.2, 0.25) is 35.3 Å². The van der Waals surface area contributed by atoms with E-state index in [9.17, 15) is 43.5 Å². The fourth-order valence-electron chi connectivity index (χ4n) is 3.95. The van der Waals surface area contributed by atoms with Crippen LogP contribution < -0.4 is 37.6 Å². The maximum absolute atomic E-state index is 13.3. The lowest BCUT2D eigenvalue weighted by atomic mass is 9.96. The Kier molecular flexibility index (Phi) is 21.8. The Balaban J connectivity index is 0. The number of hydrogen-bond acceptors (Lipinski definition) is 10. The van der Waals surface area contributed by atoms with Crippen LogP contribution in [0.2, 0.25) is 0 Å². The molecular formula is C28H50ClN7O10. The van der Waals surface area contributed by atoms with Crippen LogP contribution in [-0.4, -0.2) is 107 Å². The minimum atomic E-state index is -1.55. The van der Waals surface area contributed by atoms with E-state index in [1.54, 1.807) is 13.8 Å². The summed E-state index contributed by atoms with van der Waals surface area (Å²) in [5.41, 5.74) is 5.52. The molecule has 46 heavy (non-hydrogen) atoms. The van der Waals surface area contributed by atoms with Crippen LogP contribution in [0.25, 0.3) is 0 Å². The highest BCUT2D eigenvalue weighted by atomic mass is 35.5. The van der Waals surface area contributed by atoms with Gasteiger partial charge in [0.05, 0.1) is 18.6 Å². The molecule has 7 atom stereocenters. The van der Waals surface area contributed by atoms with Crippen molar-refractivity contribution < 1.29 is 48.6 Å². The minimum absolute atomic E-state index is 0. The third-order valence-electron chi connectivity index (χ3n) is 6.85.